The van der Waals surface area contributed by atoms with Gasteiger partial charge >= 0.3 is 0 Å². The normalized spacial score (nSPS) is 15.1. The molecule has 5 nitrogen and oxygen atoms in total. The van der Waals surface area contributed by atoms with Gasteiger partial charge in [0.1, 0.15) is 11.9 Å². The third-order valence-corrected chi connectivity index (χ3v) is 6.26. The molecule has 0 unspecified atom stereocenters. The Bertz CT molecular complexity index is 688. The standard InChI is InChI=1S/C15H21N3O2S/c1-15(2,21(3,19)20)10-17-14-12(9-16)8-11-6-4-5-7-13(11)18-14/h8H,4-7,10H2,1-3H3,(H,17,18). The second-order valence-electron chi connectivity index (χ2n) is 6.19. The van der Waals surface area contributed by atoms with Crippen LogP contribution in [0.2, 0.25) is 0 Å². The summed E-state index contributed by atoms with van der Waals surface area (Å²) < 4.78 is 22.6. The van der Waals surface area contributed by atoms with Gasteiger partial charge in [-0.05, 0) is 51.2 Å². The highest BCUT2D eigenvalue weighted by atomic mass is 32.2. The molecule has 1 aliphatic carbocycles. The van der Waals surface area contributed by atoms with Crippen molar-refractivity contribution in [2.24, 2.45) is 0 Å². The van der Waals surface area contributed by atoms with Crippen molar-refractivity contribution >= 4 is 15.7 Å². The summed E-state index contributed by atoms with van der Waals surface area (Å²) in [5, 5.41) is 12.3. The molecule has 1 aromatic rings. The van der Waals surface area contributed by atoms with Crippen molar-refractivity contribution in [3.63, 3.8) is 0 Å². The number of nitrogens with zero attached hydrogens (tertiary/aromatic N) is 2. The molecular weight excluding hydrogens is 286 g/mol. The van der Waals surface area contributed by atoms with Gasteiger partial charge < -0.3 is 5.32 Å². The maximum absolute atomic E-state index is 11.7. The molecule has 0 radical (unpaired) electrons. The Morgan fingerprint density at radius 3 is 2.67 bits per heavy atom. The minimum absolute atomic E-state index is 0.228. The van der Waals surface area contributed by atoms with Gasteiger partial charge in [-0.2, -0.15) is 5.26 Å². The monoisotopic (exact) mass is 307 g/mol. The zero-order chi connectivity index (χ0) is 15.7. The molecule has 0 saturated carbocycles. The lowest BCUT2D eigenvalue weighted by Crippen LogP contribution is -2.38. The van der Waals surface area contributed by atoms with Crippen LogP contribution in [-0.4, -0.2) is 30.9 Å². The fraction of sp³-hybridized carbons (Fsp3) is 0.600. The lowest BCUT2D eigenvalue weighted by molar-refractivity contribution is 0.559. The molecule has 2 rings (SSSR count). The summed E-state index contributed by atoms with van der Waals surface area (Å²) in [4.78, 5) is 4.54. The number of aryl methyl sites for hydroxylation is 2. The van der Waals surface area contributed by atoms with Gasteiger partial charge in [-0.1, -0.05) is 0 Å². The SMILES string of the molecule is CC(C)(CNc1nc2c(cc1C#N)CCCC2)S(C)(=O)=O. The fourth-order valence-electron chi connectivity index (χ4n) is 2.28. The second-order valence-corrected chi connectivity index (χ2v) is 8.84. The number of fused-ring (bicyclic) bond motifs is 1. The van der Waals surface area contributed by atoms with Gasteiger partial charge in [-0.25, -0.2) is 13.4 Å². The molecule has 0 saturated heterocycles. The highest BCUT2D eigenvalue weighted by Crippen LogP contribution is 2.25. The molecule has 0 amide bonds. The molecule has 6 heteroatoms. The highest BCUT2D eigenvalue weighted by Gasteiger charge is 2.30. The van der Waals surface area contributed by atoms with Gasteiger partial charge in [0.05, 0.1) is 10.3 Å². The summed E-state index contributed by atoms with van der Waals surface area (Å²) in [7, 11) is -3.18. The van der Waals surface area contributed by atoms with Gasteiger partial charge in [-0.15, -0.1) is 0 Å². The molecule has 1 aromatic heterocycles. The number of nitriles is 1. The van der Waals surface area contributed by atoms with E-state index in [0.717, 1.165) is 36.9 Å². The molecule has 1 N–H and O–H groups in total. The Kier molecular flexibility index (Phi) is 4.24. The van der Waals surface area contributed by atoms with E-state index >= 15 is 0 Å². The molecular formula is C15H21N3O2S. The van der Waals surface area contributed by atoms with Crippen LogP contribution in [0.25, 0.3) is 0 Å². The summed E-state index contributed by atoms with van der Waals surface area (Å²) in [6, 6.07) is 4.03. The molecule has 1 aliphatic rings. The first-order chi connectivity index (χ1) is 9.74. The molecule has 114 valence electrons. The van der Waals surface area contributed by atoms with Gasteiger partial charge in [-0.3, -0.25) is 0 Å². The van der Waals surface area contributed by atoms with Crippen LogP contribution in [0, 0.1) is 11.3 Å². The van der Waals surface area contributed by atoms with E-state index in [1.54, 1.807) is 13.8 Å². The van der Waals surface area contributed by atoms with E-state index in [1.807, 2.05) is 6.07 Å². The number of rotatable bonds is 4. The zero-order valence-electron chi connectivity index (χ0n) is 12.7. The van der Waals surface area contributed by atoms with Crippen LogP contribution < -0.4 is 5.32 Å². The third kappa shape index (κ3) is 3.35. The fourth-order valence-corrected chi connectivity index (χ4v) is 2.62. The maximum atomic E-state index is 11.7. The lowest BCUT2D eigenvalue weighted by Gasteiger charge is -2.24. The average molecular weight is 307 g/mol. The molecule has 1 heterocycles. The van der Waals surface area contributed by atoms with Crippen LogP contribution in [0.3, 0.4) is 0 Å². The quantitative estimate of drug-likeness (QED) is 0.920. The van der Waals surface area contributed by atoms with Crippen molar-refractivity contribution in [1.29, 1.82) is 5.26 Å². The van der Waals surface area contributed by atoms with Gasteiger partial charge in [0.25, 0.3) is 0 Å². The molecule has 0 bridgehead atoms. The average Bonchev–Trinajstić information content (AvgIpc) is 2.42. The minimum atomic E-state index is -3.18. The Hall–Kier alpha value is -1.61. The molecule has 0 atom stereocenters. The summed E-state index contributed by atoms with van der Waals surface area (Å²) in [5.41, 5.74) is 2.66. The lowest BCUT2D eigenvalue weighted by atomic mass is 9.95. The van der Waals surface area contributed by atoms with Crippen molar-refractivity contribution in [1.82, 2.24) is 4.98 Å². The summed E-state index contributed by atoms with van der Waals surface area (Å²) in [6.45, 7) is 3.56. The van der Waals surface area contributed by atoms with Crippen LogP contribution in [0.4, 0.5) is 5.82 Å². The molecule has 0 fully saturated rings. The van der Waals surface area contributed by atoms with Crippen LogP contribution in [-0.2, 0) is 22.7 Å². The van der Waals surface area contributed by atoms with Crippen molar-refractivity contribution in [3.05, 3.63) is 22.9 Å². The van der Waals surface area contributed by atoms with Gasteiger partial charge in [0.15, 0.2) is 9.84 Å². The third-order valence-electron chi connectivity index (χ3n) is 4.11. The van der Waals surface area contributed by atoms with Crippen molar-refractivity contribution in [2.45, 2.75) is 44.3 Å². The van der Waals surface area contributed by atoms with E-state index in [-0.39, 0.29) is 6.54 Å². The molecule has 0 aliphatic heterocycles. The summed E-state index contributed by atoms with van der Waals surface area (Å²) >= 11 is 0. The van der Waals surface area contributed by atoms with E-state index in [9.17, 15) is 13.7 Å². The van der Waals surface area contributed by atoms with Crippen molar-refractivity contribution in [2.75, 3.05) is 18.1 Å². The van der Waals surface area contributed by atoms with Gasteiger partial charge in [0, 0.05) is 18.5 Å². The van der Waals surface area contributed by atoms with E-state index in [0.29, 0.717) is 11.4 Å². The number of hydrogen-bond donors (Lipinski definition) is 1. The number of nitrogens with one attached hydrogen (secondary N) is 1. The minimum Gasteiger partial charge on any atom is -0.367 e. The highest BCUT2D eigenvalue weighted by molar-refractivity contribution is 7.92. The van der Waals surface area contributed by atoms with E-state index in [4.69, 9.17) is 0 Å². The Balaban J connectivity index is 2.26. The topological polar surface area (TPSA) is 82.8 Å². The van der Waals surface area contributed by atoms with E-state index in [2.05, 4.69) is 16.4 Å². The molecule has 0 aromatic carbocycles. The maximum Gasteiger partial charge on any atom is 0.154 e. The summed E-state index contributed by atoms with van der Waals surface area (Å²) in [6.07, 6.45) is 5.35. The van der Waals surface area contributed by atoms with Crippen LogP contribution >= 0.6 is 0 Å². The predicted molar refractivity (Wildman–Crippen MR) is 83.0 cm³/mol. The Morgan fingerprint density at radius 2 is 2.05 bits per heavy atom. The molecule has 0 spiro atoms. The number of hydrogen-bond acceptors (Lipinski definition) is 5. The Labute approximate surface area is 126 Å². The second kappa shape index (κ2) is 5.64. The molecule has 21 heavy (non-hydrogen) atoms. The van der Waals surface area contributed by atoms with Crippen molar-refractivity contribution < 1.29 is 8.42 Å². The first kappa shape index (κ1) is 15.8. The van der Waals surface area contributed by atoms with Gasteiger partial charge in [0.2, 0.25) is 0 Å². The smallest absolute Gasteiger partial charge is 0.154 e. The number of aromatic nitrogens is 1. The van der Waals surface area contributed by atoms with Crippen LogP contribution in [0.15, 0.2) is 6.07 Å². The first-order valence-electron chi connectivity index (χ1n) is 7.11. The Morgan fingerprint density at radius 1 is 1.38 bits per heavy atom. The van der Waals surface area contributed by atoms with Crippen LogP contribution in [0.1, 0.15) is 43.5 Å². The van der Waals surface area contributed by atoms with E-state index in [1.165, 1.54) is 6.26 Å². The first-order valence-corrected chi connectivity index (χ1v) is 9.00. The zero-order valence-corrected chi connectivity index (χ0v) is 13.5. The largest absolute Gasteiger partial charge is 0.367 e. The summed E-state index contributed by atoms with van der Waals surface area (Å²) in [5.74, 6) is 0.495. The van der Waals surface area contributed by atoms with E-state index < -0.39 is 14.6 Å². The van der Waals surface area contributed by atoms with Crippen molar-refractivity contribution in [3.8, 4) is 6.07 Å². The number of pyridine rings is 1. The predicted octanol–water partition coefficient (Wildman–Crippen LogP) is 2.07. The van der Waals surface area contributed by atoms with Crippen LogP contribution in [0.5, 0.6) is 0 Å². The number of anilines is 1. The number of sulfone groups is 1.